The van der Waals surface area contributed by atoms with Crippen LogP contribution in [0.5, 0.6) is 0 Å². The molecule has 0 bridgehead atoms. The molecule has 86 valence electrons. The Morgan fingerprint density at radius 3 is 2.62 bits per heavy atom. The fourth-order valence-corrected chi connectivity index (χ4v) is 2.27. The molecule has 1 aromatic heterocycles. The third-order valence-corrected chi connectivity index (χ3v) is 3.39. The minimum atomic E-state index is -3.89. The van der Waals surface area contributed by atoms with E-state index in [1.165, 1.54) is 0 Å². The van der Waals surface area contributed by atoms with Gasteiger partial charge in [0.2, 0.25) is 0 Å². The lowest BCUT2D eigenvalue weighted by Gasteiger charge is -2.07. The number of aryl methyl sites for hydroxylation is 1. The van der Waals surface area contributed by atoms with Crippen LogP contribution in [0.4, 0.5) is 0 Å². The first kappa shape index (κ1) is 11.3. The van der Waals surface area contributed by atoms with Crippen molar-refractivity contribution in [3.8, 4) is 0 Å². The highest BCUT2D eigenvalue weighted by Crippen LogP contribution is 2.13. The number of aromatic amines is 1. The molecular weight excluding hydrogens is 224 g/mol. The van der Waals surface area contributed by atoms with Gasteiger partial charge in [-0.05, 0) is 18.6 Å². The van der Waals surface area contributed by atoms with Gasteiger partial charge in [-0.3, -0.25) is 0 Å². The lowest BCUT2D eigenvalue weighted by atomic mass is 10.3. The first-order valence-corrected chi connectivity index (χ1v) is 7.20. The highest BCUT2D eigenvalue weighted by molar-refractivity contribution is 6.56. The lowest BCUT2D eigenvalue weighted by Crippen LogP contribution is -2.34. The number of nitrogens with one attached hydrogen (secondary N) is 1. The molecule has 1 aromatic carbocycles. The Kier molecular flexibility index (Phi) is 3.06. The molecule has 1 heterocycles. The molecule has 0 spiro atoms. The van der Waals surface area contributed by atoms with Gasteiger partial charge in [0.05, 0.1) is 11.0 Å². The zero-order valence-electron chi connectivity index (χ0n) is 8.72. The average molecular weight is 238 g/mol. The minimum absolute atomic E-state index is 0.0457. The summed E-state index contributed by atoms with van der Waals surface area (Å²) in [6.07, 6.45) is 1.11. The van der Waals surface area contributed by atoms with Crippen molar-refractivity contribution in [3.63, 3.8) is 0 Å². The van der Waals surface area contributed by atoms with Crippen LogP contribution in [0.15, 0.2) is 24.3 Å². The molecule has 6 heteroatoms. The van der Waals surface area contributed by atoms with Crippen LogP contribution in [0.2, 0.25) is 6.04 Å². The number of hydrogen-bond donors (Lipinski definition) is 4. The number of H-pyrrole nitrogens is 1. The van der Waals surface area contributed by atoms with Gasteiger partial charge in [-0.25, -0.2) is 4.98 Å². The number of benzene rings is 1. The Balaban J connectivity index is 2.00. The summed E-state index contributed by atoms with van der Waals surface area (Å²) in [5, 5.41) is 0. The van der Waals surface area contributed by atoms with Crippen molar-refractivity contribution in [1.29, 1.82) is 0 Å². The molecule has 2 aromatic rings. The third-order valence-electron chi connectivity index (χ3n) is 2.36. The molecule has 16 heavy (non-hydrogen) atoms. The number of para-hydroxylation sites is 2. The van der Waals surface area contributed by atoms with E-state index in [4.69, 9.17) is 14.4 Å². The lowest BCUT2D eigenvalue weighted by molar-refractivity contribution is 0.226. The van der Waals surface area contributed by atoms with Crippen LogP contribution in [-0.4, -0.2) is 33.2 Å². The average Bonchev–Trinajstić information content (AvgIpc) is 2.57. The van der Waals surface area contributed by atoms with Crippen LogP contribution in [0.3, 0.4) is 0 Å². The number of nitrogens with zero attached hydrogens (tertiary/aromatic N) is 1. The van der Waals surface area contributed by atoms with Crippen molar-refractivity contribution >= 4 is 19.8 Å². The smallest absolute Gasteiger partial charge is 0.390 e. The Bertz CT molecular complexity index is 445. The summed E-state index contributed by atoms with van der Waals surface area (Å²) in [5.41, 5.74) is 1.87. The fraction of sp³-hybridized carbons (Fsp3) is 0.300. The second-order valence-electron chi connectivity index (χ2n) is 3.83. The zero-order valence-corrected chi connectivity index (χ0v) is 9.72. The molecular formula is C10H14N2O3Si. The second-order valence-corrected chi connectivity index (χ2v) is 5.88. The first-order chi connectivity index (χ1) is 7.54. The van der Waals surface area contributed by atoms with E-state index in [9.17, 15) is 0 Å². The predicted molar refractivity (Wildman–Crippen MR) is 61.6 cm³/mol. The van der Waals surface area contributed by atoms with Crippen LogP contribution >= 0.6 is 0 Å². The van der Waals surface area contributed by atoms with Crippen molar-refractivity contribution in [3.05, 3.63) is 30.1 Å². The molecule has 0 aliphatic rings. The summed E-state index contributed by atoms with van der Waals surface area (Å²) >= 11 is 0. The van der Waals surface area contributed by atoms with Gasteiger partial charge in [-0.15, -0.1) is 0 Å². The minimum Gasteiger partial charge on any atom is -0.390 e. The van der Waals surface area contributed by atoms with Gasteiger partial charge in [0, 0.05) is 12.5 Å². The van der Waals surface area contributed by atoms with Gasteiger partial charge >= 0.3 is 8.80 Å². The van der Waals surface area contributed by atoms with E-state index in [1.807, 2.05) is 24.3 Å². The van der Waals surface area contributed by atoms with Gasteiger partial charge in [-0.1, -0.05) is 12.1 Å². The zero-order chi connectivity index (χ0) is 11.6. The van der Waals surface area contributed by atoms with E-state index in [2.05, 4.69) is 9.97 Å². The van der Waals surface area contributed by atoms with E-state index in [0.29, 0.717) is 12.8 Å². The number of imidazole rings is 1. The molecule has 0 atom stereocenters. The van der Waals surface area contributed by atoms with Crippen molar-refractivity contribution in [2.75, 3.05) is 0 Å². The highest BCUT2D eigenvalue weighted by atomic mass is 28.4. The Morgan fingerprint density at radius 1 is 1.19 bits per heavy atom. The summed E-state index contributed by atoms with van der Waals surface area (Å²) in [7, 11) is -3.89. The van der Waals surface area contributed by atoms with E-state index >= 15 is 0 Å². The van der Waals surface area contributed by atoms with Crippen LogP contribution in [0.25, 0.3) is 11.0 Å². The molecule has 0 aliphatic carbocycles. The standard InChI is InChI=1S/C10H14N2O3Si/c13-16(14,15)7-3-6-10-11-8-4-1-2-5-9(8)12-10/h1-2,4-5,13-15H,3,6-7H2,(H,11,12). The Morgan fingerprint density at radius 2 is 1.94 bits per heavy atom. The monoisotopic (exact) mass is 238 g/mol. The van der Waals surface area contributed by atoms with Gasteiger partial charge in [-0.2, -0.15) is 0 Å². The summed E-state index contributed by atoms with van der Waals surface area (Å²) in [6.45, 7) is 0. The van der Waals surface area contributed by atoms with Gasteiger partial charge in [0.15, 0.2) is 0 Å². The molecule has 2 rings (SSSR count). The third kappa shape index (κ3) is 2.89. The van der Waals surface area contributed by atoms with Crippen LogP contribution < -0.4 is 0 Å². The van der Waals surface area contributed by atoms with Gasteiger partial charge in [0.25, 0.3) is 0 Å². The number of rotatable bonds is 4. The predicted octanol–water partition coefficient (Wildman–Crippen LogP) is 0.411. The fourth-order valence-electron chi connectivity index (χ4n) is 1.62. The van der Waals surface area contributed by atoms with Gasteiger partial charge in [0.1, 0.15) is 5.82 Å². The molecule has 0 fully saturated rings. The van der Waals surface area contributed by atoms with Crippen molar-refractivity contribution in [2.24, 2.45) is 0 Å². The number of aromatic nitrogens is 2. The van der Waals surface area contributed by atoms with Crippen LogP contribution in [0.1, 0.15) is 12.2 Å². The molecule has 5 nitrogen and oxygen atoms in total. The van der Waals surface area contributed by atoms with Crippen LogP contribution in [0, 0.1) is 0 Å². The van der Waals surface area contributed by atoms with Crippen molar-refractivity contribution < 1.29 is 14.4 Å². The summed E-state index contributed by atoms with van der Waals surface area (Å²) in [5.74, 6) is 0.805. The van der Waals surface area contributed by atoms with E-state index in [1.54, 1.807) is 0 Å². The molecule has 4 N–H and O–H groups in total. The molecule has 0 amide bonds. The van der Waals surface area contributed by atoms with Gasteiger partial charge < -0.3 is 19.4 Å². The maximum absolute atomic E-state index is 8.85. The first-order valence-electron chi connectivity index (χ1n) is 5.15. The molecule has 0 radical (unpaired) electrons. The normalized spacial score (nSPS) is 12.2. The van der Waals surface area contributed by atoms with Crippen LogP contribution in [-0.2, 0) is 6.42 Å². The summed E-state index contributed by atoms with van der Waals surface area (Å²) < 4.78 is 0. The topological polar surface area (TPSA) is 89.4 Å². The number of hydrogen-bond acceptors (Lipinski definition) is 4. The Labute approximate surface area is 93.8 Å². The largest absolute Gasteiger partial charge is 0.492 e. The summed E-state index contributed by atoms with van der Waals surface area (Å²) in [6, 6.07) is 7.75. The Hall–Kier alpha value is -1.21. The van der Waals surface area contributed by atoms with Crippen molar-refractivity contribution in [2.45, 2.75) is 18.9 Å². The molecule has 0 saturated carbocycles. The quantitative estimate of drug-likeness (QED) is 0.581. The molecule has 0 unspecified atom stereocenters. The molecule has 0 saturated heterocycles. The SMILES string of the molecule is O[Si](O)(O)CCCc1nc2ccccc2[nH]1. The maximum Gasteiger partial charge on any atom is 0.492 e. The molecule has 0 aliphatic heterocycles. The van der Waals surface area contributed by atoms with E-state index < -0.39 is 8.80 Å². The van der Waals surface area contributed by atoms with Crippen molar-refractivity contribution in [1.82, 2.24) is 9.97 Å². The highest BCUT2D eigenvalue weighted by Gasteiger charge is 2.25. The second kappa shape index (κ2) is 4.34. The number of fused-ring (bicyclic) bond motifs is 1. The van der Waals surface area contributed by atoms with E-state index in [0.717, 1.165) is 16.9 Å². The van der Waals surface area contributed by atoms with E-state index in [-0.39, 0.29) is 6.04 Å². The summed E-state index contributed by atoms with van der Waals surface area (Å²) in [4.78, 5) is 34.1. The maximum atomic E-state index is 8.85.